The van der Waals surface area contributed by atoms with Gasteiger partial charge in [-0.2, -0.15) is 13.2 Å². The zero-order valence-corrected chi connectivity index (χ0v) is 7.78. The average Bonchev–Trinajstić information content (AvgIpc) is 2.50. The molecule has 3 nitrogen and oxygen atoms in total. The molecule has 0 atom stereocenters. The van der Waals surface area contributed by atoms with Crippen LogP contribution in [-0.2, 0) is 6.42 Å². The summed E-state index contributed by atoms with van der Waals surface area (Å²) in [5.74, 6) is -1.90. The number of carbonyl (C=O) groups is 1. The summed E-state index contributed by atoms with van der Waals surface area (Å²) >= 11 is 0.688. The Balaban J connectivity index is 2.82. The van der Waals surface area contributed by atoms with Gasteiger partial charge in [-0.3, -0.25) is 4.79 Å². The number of hydrogen-bond acceptors (Lipinski definition) is 4. The number of Topliss-reactive ketones (excluding diaryl/α,β-unsaturated/α-hetero) is 1. The number of aromatic nitrogens is 1. The smallest absolute Gasteiger partial charge is 0.330 e. The van der Waals surface area contributed by atoms with Crippen molar-refractivity contribution in [2.75, 3.05) is 6.54 Å². The number of nitrogens with two attached hydrogens (primary N) is 1. The SMILES string of the molecule is NCCc1csc(C(=O)C(F)(F)F)n1. The number of rotatable bonds is 3. The third kappa shape index (κ3) is 2.52. The molecule has 1 aromatic rings. The molecule has 0 amide bonds. The summed E-state index contributed by atoms with van der Waals surface area (Å²) in [7, 11) is 0. The maximum Gasteiger partial charge on any atom is 0.457 e. The van der Waals surface area contributed by atoms with E-state index in [1.54, 1.807) is 0 Å². The van der Waals surface area contributed by atoms with Gasteiger partial charge in [0.1, 0.15) is 0 Å². The number of ketones is 1. The van der Waals surface area contributed by atoms with Crippen LogP contribution in [-0.4, -0.2) is 23.5 Å². The lowest BCUT2D eigenvalue weighted by atomic mass is 10.3. The van der Waals surface area contributed by atoms with Gasteiger partial charge in [-0.25, -0.2) is 4.98 Å². The first-order valence-electron chi connectivity index (χ1n) is 3.71. The molecule has 0 aliphatic rings. The molecule has 7 heteroatoms. The molecule has 2 N–H and O–H groups in total. The monoisotopic (exact) mass is 224 g/mol. The van der Waals surface area contributed by atoms with Gasteiger partial charge < -0.3 is 5.73 Å². The van der Waals surface area contributed by atoms with E-state index in [2.05, 4.69) is 4.98 Å². The minimum absolute atomic E-state index is 0.295. The van der Waals surface area contributed by atoms with E-state index >= 15 is 0 Å². The second kappa shape index (κ2) is 4.05. The van der Waals surface area contributed by atoms with E-state index in [9.17, 15) is 18.0 Å². The first kappa shape index (κ1) is 11.1. The molecule has 78 valence electrons. The van der Waals surface area contributed by atoms with Gasteiger partial charge in [-0.05, 0) is 6.54 Å². The molecule has 0 radical (unpaired) electrons. The first-order chi connectivity index (χ1) is 6.45. The summed E-state index contributed by atoms with van der Waals surface area (Å²) in [5.41, 5.74) is 5.61. The van der Waals surface area contributed by atoms with E-state index in [1.807, 2.05) is 0 Å². The van der Waals surface area contributed by atoms with Crippen LogP contribution in [0.3, 0.4) is 0 Å². The highest BCUT2D eigenvalue weighted by atomic mass is 32.1. The Morgan fingerprint density at radius 1 is 1.57 bits per heavy atom. The first-order valence-corrected chi connectivity index (χ1v) is 4.59. The van der Waals surface area contributed by atoms with Crippen LogP contribution >= 0.6 is 11.3 Å². The van der Waals surface area contributed by atoms with Crippen LogP contribution in [0.1, 0.15) is 15.5 Å². The van der Waals surface area contributed by atoms with E-state index < -0.39 is 17.0 Å². The lowest BCUT2D eigenvalue weighted by molar-refractivity contribution is -0.0885. The predicted molar refractivity (Wildman–Crippen MR) is 45.3 cm³/mol. The van der Waals surface area contributed by atoms with Crippen LogP contribution < -0.4 is 5.73 Å². The van der Waals surface area contributed by atoms with Crippen molar-refractivity contribution in [1.82, 2.24) is 4.98 Å². The lowest BCUT2D eigenvalue weighted by Crippen LogP contribution is -2.22. The summed E-state index contributed by atoms with van der Waals surface area (Å²) in [6, 6.07) is 0. The van der Waals surface area contributed by atoms with Gasteiger partial charge in [0.05, 0.1) is 5.69 Å². The van der Waals surface area contributed by atoms with Gasteiger partial charge in [-0.15, -0.1) is 11.3 Å². The van der Waals surface area contributed by atoms with Crippen LogP contribution in [0, 0.1) is 0 Å². The van der Waals surface area contributed by atoms with Crippen molar-refractivity contribution >= 4 is 17.1 Å². The maximum atomic E-state index is 11.9. The van der Waals surface area contributed by atoms with E-state index in [-0.39, 0.29) is 0 Å². The van der Waals surface area contributed by atoms with Crippen LogP contribution in [0.4, 0.5) is 13.2 Å². The molecular weight excluding hydrogens is 217 g/mol. The van der Waals surface area contributed by atoms with Gasteiger partial charge in [0.2, 0.25) is 0 Å². The highest BCUT2D eigenvalue weighted by Gasteiger charge is 2.41. The second-order valence-electron chi connectivity index (χ2n) is 2.51. The molecule has 0 unspecified atom stereocenters. The largest absolute Gasteiger partial charge is 0.457 e. The molecule has 14 heavy (non-hydrogen) atoms. The van der Waals surface area contributed by atoms with Crippen molar-refractivity contribution in [3.63, 3.8) is 0 Å². The van der Waals surface area contributed by atoms with E-state index in [1.165, 1.54) is 5.38 Å². The number of halogens is 3. The van der Waals surface area contributed by atoms with Gasteiger partial charge >= 0.3 is 6.18 Å². The highest BCUT2D eigenvalue weighted by Crippen LogP contribution is 2.23. The number of alkyl halides is 3. The van der Waals surface area contributed by atoms with Crippen LogP contribution in [0.2, 0.25) is 0 Å². The molecule has 0 bridgehead atoms. The fraction of sp³-hybridized carbons (Fsp3) is 0.429. The second-order valence-corrected chi connectivity index (χ2v) is 3.37. The standard InChI is InChI=1S/C7H7F3N2OS/c8-7(9,10)5(13)6-12-4(1-2-11)3-14-6/h3H,1-2,11H2. The Morgan fingerprint density at radius 3 is 2.71 bits per heavy atom. The molecule has 1 rings (SSSR count). The summed E-state index contributed by atoms with van der Waals surface area (Å²) < 4.78 is 35.8. The van der Waals surface area contributed by atoms with Crippen molar-refractivity contribution in [3.05, 3.63) is 16.1 Å². The molecule has 0 saturated heterocycles. The predicted octanol–water partition coefficient (Wildman–Crippen LogP) is 1.39. The van der Waals surface area contributed by atoms with Gasteiger partial charge in [0, 0.05) is 11.8 Å². The van der Waals surface area contributed by atoms with Crippen molar-refractivity contribution in [1.29, 1.82) is 0 Å². The van der Waals surface area contributed by atoms with Crippen LogP contribution in [0.15, 0.2) is 5.38 Å². The van der Waals surface area contributed by atoms with Gasteiger partial charge in [-0.1, -0.05) is 0 Å². The van der Waals surface area contributed by atoms with Crippen molar-refractivity contribution in [2.45, 2.75) is 12.6 Å². The van der Waals surface area contributed by atoms with E-state index in [0.29, 0.717) is 30.0 Å². The maximum absolute atomic E-state index is 11.9. The molecule has 0 spiro atoms. The van der Waals surface area contributed by atoms with Crippen LogP contribution in [0.5, 0.6) is 0 Å². The van der Waals surface area contributed by atoms with Gasteiger partial charge in [0.15, 0.2) is 5.01 Å². The molecule has 0 aliphatic heterocycles. The molecular formula is C7H7F3N2OS. The molecule has 1 heterocycles. The Labute approximate surface area is 81.7 Å². The molecule has 0 fully saturated rings. The van der Waals surface area contributed by atoms with Crippen molar-refractivity contribution in [3.8, 4) is 0 Å². The highest BCUT2D eigenvalue weighted by molar-refractivity contribution is 7.11. The average molecular weight is 224 g/mol. The fourth-order valence-corrected chi connectivity index (χ4v) is 1.61. The van der Waals surface area contributed by atoms with Gasteiger partial charge in [0.25, 0.3) is 5.78 Å². The summed E-state index contributed by atoms with van der Waals surface area (Å²) in [6.45, 7) is 0.295. The molecule has 0 saturated carbocycles. The van der Waals surface area contributed by atoms with E-state index in [0.717, 1.165) is 0 Å². The third-order valence-corrected chi connectivity index (χ3v) is 2.29. The molecule has 1 aromatic heterocycles. The van der Waals surface area contributed by atoms with Crippen molar-refractivity contribution in [2.24, 2.45) is 5.73 Å². The Kier molecular flexibility index (Phi) is 3.22. The van der Waals surface area contributed by atoms with E-state index in [4.69, 9.17) is 5.73 Å². The Bertz CT molecular complexity index is 334. The minimum atomic E-state index is -4.85. The summed E-state index contributed by atoms with van der Waals surface area (Å²) in [6.07, 6.45) is -4.47. The quantitative estimate of drug-likeness (QED) is 0.789. The molecule has 0 aromatic carbocycles. The Morgan fingerprint density at radius 2 is 2.21 bits per heavy atom. The minimum Gasteiger partial charge on any atom is -0.330 e. The number of carbonyl (C=O) groups excluding carboxylic acids is 1. The third-order valence-electron chi connectivity index (χ3n) is 1.40. The molecule has 0 aliphatic carbocycles. The summed E-state index contributed by atoms with van der Waals surface area (Å²) in [4.78, 5) is 14.2. The summed E-state index contributed by atoms with van der Waals surface area (Å²) in [5, 5.41) is 0.882. The normalized spacial score (nSPS) is 11.7. The topological polar surface area (TPSA) is 56.0 Å². The number of hydrogen-bond donors (Lipinski definition) is 1. The number of nitrogens with zero attached hydrogens (tertiary/aromatic N) is 1. The zero-order valence-electron chi connectivity index (χ0n) is 6.97. The lowest BCUT2D eigenvalue weighted by Gasteiger charge is -2.00. The zero-order chi connectivity index (χ0) is 10.8. The fourth-order valence-electron chi connectivity index (χ4n) is 0.795. The van der Waals surface area contributed by atoms with Crippen LogP contribution in [0.25, 0.3) is 0 Å². The Hall–Kier alpha value is -0.950. The van der Waals surface area contributed by atoms with Crippen molar-refractivity contribution < 1.29 is 18.0 Å². The number of thiazole rings is 1.